The normalized spacial score (nSPS) is 12.0. The van der Waals surface area contributed by atoms with Crippen molar-refractivity contribution in [2.75, 3.05) is 11.9 Å². The van der Waals surface area contributed by atoms with Crippen molar-refractivity contribution in [2.45, 2.75) is 45.0 Å². The van der Waals surface area contributed by atoms with E-state index < -0.39 is 35.0 Å². The number of benzene rings is 2. The molecule has 0 saturated carbocycles. The van der Waals surface area contributed by atoms with E-state index in [0.717, 1.165) is 25.7 Å². The molecule has 0 aliphatic rings. The van der Waals surface area contributed by atoms with Crippen molar-refractivity contribution >= 4 is 11.6 Å². The Balaban J connectivity index is 2.10. The van der Waals surface area contributed by atoms with Crippen LogP contribution < -0.4 is 10.1 Å². The number of nitrogens with one attached hydrogen (secondary N) is 1. The van der Waals surface area contributed by atoms with E-state index in [4.69, 9.17) is 4.74 Å². The molecule has 2 rings (SSSR count). The van der Waals surface area contributed by atoms with Crippen LogP contribution >= 0.6 is 0 Å². The highest BCUT2D eigenvalue weighted by atomic mass is 19.4. The van der Waals surface area contributed by atoms with Gasteiger partial charge in [0.25, 0.3) is 5.91 Å². The van der Waals surface area contributed by atoms with E-state index in [0.29, 0.717) is 24.5 Å². The third kappa shape index (κ3) is 6.96. The van der Waals surface area contributed by atoms with Crippen LogP contribution in [0.5, 0.6) is 5.75 Å². The average Bonchev–Trinajstić information content (AvgIpc) is 2.67. The van der Waals surface area contributed by atoms with Crippen molar-refractivity contribution in [3.8, 4) is 5.75 Å². The van der Waals surface area contributed by atoms with Gasteiger partial charge in [0.1, 0.15) is 5.75 Å². The maximum absolute atomic E-state index is 12.9. The first-order chi connectivity index (χ1) is 14.0. The SMILES string of the molecule is CCCCCCOc1ccc(NC(=O)c2cc(C(F)(F)F)cc(C(F)(F)F)c2)cc1. The van der Waals surface area contributed by atoms with E-state index in [1.807, 2.05) is 0 Å². The summed E-state index contributed by atoms with van der Waals surface area (Å²) in [6, 6.07) is 6.78. The Morgan fingerprint density at radius 3 is 1.93 bits per heavy atom. The minimum absolute atomic E-state index is 0.0244. The Morgan fingerprint density at radius 1 is 0.867 bits per heavy atom. The quantitative estimate of drug-likeness (QED) is 0.362. The smallest absolute Gasteiger partial charge is 0.416 e. The molecule has 3 nitrogen and oxygen atoms in total. The molecular weight excluding hydrogens is 412 g/mol. The van der Waals surface area contributed by atoms with Crippen LogP contribution in [0.3, 0.4) is 0 Å². The Hall–Kier alpha value is -2.71. The summed E-state index contributed by atoms with van der Waals surface area (Å²) >= 11 is 0. The number of anilines is 1. The summed E-state index contributed by atoms with van der Waals surface area (Å²) in [5.74, 6) is -0.539. The van der Waals surface area contributed by atoms with Crippen molar-refractivity contribution in [2.24, 2.45) is 0 Å². The molecule has 9 heteroatoms. The van der Waals surface area contributed by atoms with Gasteiger partial charge in [-0.1, -0.05) is 26.2 Å². The molecule has 30 heavy (non-hydrogen) atoms. The summed E-state index contributed by atoms with van der Waals surface area (Å²) in [7, 11) is 0. The standard InChI is InChI=1S/C21H21F6NO2/c1-2-3-4-5-10-30-18-8-6-17(7-9-18)28-19(29)14-11-15(20(22,23)24)13-16(12-14)21(25,26)27/h6-9,11-13H,2-5,10H2,1H3,(H,28,29). The van der Waals surface area contributed by atoms with Gasteiger partial charge < -0.3 is 10.1 Å². The molecule has 1 amide bonds. The van der Waals surface area contributed by atoms with E-state index in [1.165, 1.54) is 12.1 Å². The fourth-order valence-corrected chi connectivity index (χ4v) is 2.64. The first kappa shape index (κ1) is 23.6. The summed E-state index contributed by atoms with van der Waals surface area (Å²) in [6.07, 6.45) is -5.89. The molecule has 0 aliphatic heterocycles. The highest BCUT2D eigenvalue weighted by Crippen LogP contribution is 2.36. The van der Waals surface area contributed by atoms with Crippen LogP contribution in [-0.4, -0.2) is 12.5 Å². The van der Waals surface area contributed by atoms with E-state index in [9.17, 15) is 31.1 Å². The molecule has 2 aromatic rings. The number of hydrogen-bond acceptors (Lipinski definition) is 2. The lowest BCUT2D eigenvalue weighted by molar-refractivity contribution is -0.143. The number of carbonyl (C=O) groups is 1. The van der Waals surface area contributed by atoms with Gasteiger partial charge in [-0.15, -0.1) is 0 Å². The predicted molar refractivity (Wildman–Crippen MR) is 100 cm³/mol. The predicted octanol–water partition coefficient (Wildman–Crippen LogP) is 6.94. The second-order valence-electron chi connectivity index (χ2n) is 6.68. The zero-order valence-corrected chi connectivity index (χ0v) is 16.2. The van der Waals surface area contributed by atoms with Crippen molar-refractivity contribution < 1.29 is 35.9 Å². The zero-order chi connectivity index (χ0) is 22.4. The molecule has 0 heterocycles. The van der Waals surface area contributed by atoms with Crippen LogP contribution in [0.4, 0.5) is 32.0 Å². The molecule has 0 saturated heterocycles. The molecule has 164 valence electrons. The molecule has 0 aliphatic carbocycles. The van der Waals surface area contributed by atoms with E-state index in [-0.39, 0.29) is 11.8 Å². The van der Waals surface area contributed by atoms with Crippen LogP contribution in [0.25, 0.3) is 0 Å². The summed E-state index contributed by atoms with van der Waals surface area (Å²) in [5.41, 5.74) is -3.62. The molecule has 0 radical (unpaired) electrons. The molecule has 0 spiro atoms. The van der Waals surface area contributed by atoms with Gasteiger partial charge in [0.05, 0.1) is 17.7 Å². The Bertz CT molecular complexity index is 812. The molecule has 2 aromatic carbocycles. The fraction of sp³-hybridized carbons (Fsp3) is 0.381. The van der Waals surface area contributed by atoms with Crippen LogP contribution in [0, 0.1) is 0 Å². The number of hydrogen-bond donors (Lipinski definition) is 1. The van der Waals surface area contributed by atoms with Gasteiger partial charge in [0, 0.05) is 11.3 Å². The number of unbranched alkanes of at least 4 members (excludes halogenated alkanes) is 3. The number of ether oxygens (including phenoxy) is 1. The summed E-state index contributed by atoms with van der Waals surface area (Å²) in [6.45, 7) is 2.62. The monoisotopic (exact) mass is 433 g/mol. The number of amides is 1. The van der Waals surface area contributed by atoms with Crippen LogP contribution in [0.2, 0.25) is 0 Å². The van der Waals surface area contributed by atoms with Crippen LogP contribution in [0.1, 0.15) is 54.1 Å². The van der Waals surface area contributed by atoms with Gasteiger partial charge >= 0.3 is 12.4 Å². The molecule has 0 aromatic heterocycles. The van der Waals surface area contributed by atoms with Gasteiger partial charge in [0.2, 0.25) is 0 Å². The summed E-state index contributed by atoms with van der Waals surface area (Å²) < 4.78 is 83.1. The van der Waals surface area contributed by atoms with E-state index in [2.05, 4.69) is 12.2 Å². The summed E-state index contributed by atoms with van der Waals surface area (Å²) in [4.78, 5) is 12.3. The maximum Gasteiger partial charge on any atom is 0.416 e. The lowest BCUT2D eigenvalue weighted by atomic mass is 10.0. The van der Waals surface area contributed by atoms with Gasteiger partial charge in [0.15, 0.2) is 0 Å². The van der Waals surface area contributed by atoms with Gasteiger partial charge in [-0.3, -0.25) is 4.79 Å². The first-order valence-corrected chi connectivity index (χ1v) is 9.34. The van der Waals surface area contributed by atoms with Crippen molar-refractivity contribution in [1.29, 1.82) is 0 Å². The molecular formula is C21H21F6NO2. The average molecular weight is 433 g/mol. The Kier molecular flexibility index (Phi) is 7.75. The topological polar surface area (TPSA) is 38.3 Å². The minimum atomic E-state index is -5.02. The second kappa shape index (κ2) is 9.86. The third-order valence-electron chi connectivity index (χ3n) is 4.23. The van der Waals surface area contributed by atoms with Crippen LogP contribution in [0.15, 0.2) is 42.5 Å². The second-order valence-corrected chi connectivity index (χ2v) is 6.68. The third-order valence-corrected chi connectivity index (χ3v) is 4.23. The molecule has 0 atom stereocenters. The summed E-state index contributed by atoms with van der Waals surface area (Å²) in [5, 5.41) is 2.30. The number of rotatable bonds is 8. The highest BCUT2D eigenvalue weighted by molar-refractivity contribution is 6.04. The molecule has 1 N–H and O–H groups in total. The minimum Gasteiger partial charge on any atom is -0.494 e. The number of halogens is 6. The maximum atomic E-state index is 12.9. The van der Waals surface area contributed by atoms with E-state index >= 15 is 0 Å². The highest BCUT2D eigenvalue weighted by Gasteiger charge is 2.37. The fourth-order valence-electron chi connectivity index (χ4n) is 2.64. The Labute approximate surface area is 170 Å². The molecule has 0 bridgehead atoms. The van der Waals surface area contributed by atoms with Crippen molar-refractivity contribution in [1.82, 2.24) is 0 Å². The number of carbonyl (C=O) groups excluding carboxylic acids is 1. The number of alkyl halides is 6. The molecule has 0 fully saturated rings. The van der Waals surface area contributed by atoms with Gasteiger partial charge in [-0.05, 0) is 48.9 Å². The first-order valence-electron chi connectivity index (χ1n) is 9.34. The molecule has 0 unspecified atom stereocenters. The van der Waals surface area contributed by atoms with Crippen molar-refractivity contribution in [3.63, 3.8) is 0 Å². The van der Waals surface area contributed by atoms with Crippen LogP contribution in [-0.2, 0) is 12.4 Å². The largest absolute Gasteiger partial charge is 0.494 e. The lowest BCUT2D eigenvalue weighted by Gasteiger charge is -2.14. The van der Waals surface area contributed by atoms with E-state index in [1.54, 1.807) is 12.1 Å². The van der Waals surface area contributed by atoms with Gasteiger partial charge in [-0.25, -0.2) is 0 Å². The lowest BCUT2D eigenvalue weighted by Crippen LogP contribution is -2.17. The van der Waals surface area contributed by atoms with Gasteiger partial charge in [-0.2, -0.15) is 26.3 Å². The van der Waals surface area contributed by atoms with Crippen molar-refractivity contribution in [3.05, 3.63) is 59.2 Å². The Morgan fingerprint density at radius 2 is 1.43 bits per heavy atom. The zero-order valence-electron chi connectivity index (χ0n) is 16.2.